The maximum Gasteiger partial charge on any atom is 0.223 e. The smallest absolute Gasteiger partial charge is 0.223 e. The molecule has 0 aromatic carbocycles. The Hall–Kier alpha value is -0.870. The predicted molar refractivity (Wildman–Crippen MR) is 80.7 cm³/mol. The van der Waals surface area contributed by atoms with Gasteiger partial charge in [-0.2, -0.15) is 0 Å². The summed E-state index contributed by atoms with van der Waals surface area (Å²) in [4.78, 5) is 12.4. The first-order chi connectivity index (χ1) is 10.1. The van der Waals surface area contributed by atoms with Gasteiger partial charge in [0.25, 0.3) is 0 Å². The van der Waals surface area contributed by atoms with Crippen LogP contribution in [0.15, 0.2) is 11.1 Å². The van der Waals surface area contributed by atoms with Crippen LogP contribution in [0.5, 0.6) is 0 Å². The average molecular weight is 293 g/mol. The Morgan fingerprint density at radius 3 is 2.38 bits per heavy atom. The summed E-state index contributed by atoms with van der Waals surface area (Å²) in [6, 6.07) is 0.295. The number of rotatable bonds is 2. The molecule has 1 N–H and O–H groups in total. The lowest BCUT2D eigenvalue weighted by Gasteiger charge is -2.36. The normalized spacial score (nSPS) is 29.9. The van der Waals surface area contributed by atoms with E-state index >= 15 is 0 Å². The van der Waals surface area contributed by atoms with Gasteiger partial charge in [0, 0.05) is 24.8 Å². The van der Waals surface area contributed by atoms with Crippen LogP contribution in [0.4, 0.5) is 0 Å². The van der Waals surface area contributed by atoms with Gasteiger partial charge in [0.05, 0.1) is 13.2 Å². The Kier molecular flexibility index (Phi) is 4.36. The molecule has 118 valence electrons. The van der Waals surface area contributed by atoms with Gasteiger partial charge in [0.2, 0.25) is 5.91 Å². The lowest BCUT2D eigenvalue weighted by Crippen LogP contribution is -2.45. The highest BCUT2D eigenvalue weighted by atomic mass is 16.7. The lowest BCUT2D eigenvalue weighted by molar-refractivity contribution is -0.180. The number of carbonyl (C=O) groups is 1. The van der Waals surface area contributed by atoms with Crippen molar-refractivity contribution < 1.29 is 14.3 Å². The summed E-state index contributed by atoms with van der Waals surface area (Å²) in [5.41, 5.74) is 2.87. The van der Waals surface area contributed by atoms with E-state index in [0.29, 0.717) is 19.3 Å². The maximum absolute atomic E-state index is 12.4. The highest BCUT2D eigenvalue weighted by Gasteiger charge is 2.40. The van der Waals surface area contributed by atoms with Crippen LogP contribution in [0, 0.1) is 5.92 Å². The van der Waals surface area contributed by atoms with Gasteiger partial charge in [-0.05, 0) is 46.0 Å². The molecule has 21 heavy (non-hydrogen) atoms. The van der Waals surface area contributed by atoms with Gasteiger partial charge in [0.15, 0.2) is 5.79 Å². The van der Waals surface area contributed by atoms with Crippen molar-refractivity contribution in [2.45, 2.75) is 70.6 Å². The zero-order valence-corrected chi connectivity index (χ0v) is 13.2. The third-order valence-corrected chi connectivity index (χ3v) is 5.43. The second-order valence-corrected chi connectivity index (χ2v) is 6.89. The molecule has 0 aromatic heterocycles. The van der Waals surface area contributed by atoms with Crippen LogP contribution in [-0.4, -0.2) is 30.9 Å². The summed E-state index contributed by atoms with van der Waals surface area (Å²) in [7, 11) is 0. The van der Waals surface area contributed by atoms with Gasteiger partial charge < -0.3 is 14.8 Å². The molecule has 1 unspecified atom stereocenters. The number of ether oxygens (including phenoxy) is 2. The highest BCUT2D eigenvalue weighted by Crippen LogP contribution is 2.36. The van der Waals surface area contributed by atoms with E-state index in [-0.39, 0.29) is 17.6 Å². The molecule has 1 amide bonds. The number of nitrogens with one attached hydrogen (secondary N) is 1. The van der Waals surface area contributed by atoms with E-state index in [1.54, 1.807) is 0 Å². The van der Waals surface area contributed by atoms with Gasteiger partial charge >= 0.3 is 0 Å². The summed E-state index contributed by atoms with van der Waals surface area (Å²) < 4.78 is 11.5. The van der Waals surface area contributed by atoms with Gasteiger partial charge in [-0.3, -0.25) is 4.79 Å². The fourth-order valence-electron chi connectivity index (χ4n) is 3.78. The van der Waals surface area contributed by atoms with Gasteiger partial charge in [-0.1, -0.05) is 11.1 Å². The Labute approximate surface area is 127 Å². The van der Waals surface area contributed by atoms with E-state index in [1.165, 1.54) is 11.1 Å². The van der Waals surface area contributed by atoms with Crippen LogP contribution >= 0.6 is 0 Å². The Morgan fingerprint density at radius 2 is 1.76 bits per heavy atom. The molecule has 1 spiro atoms. The summed E-state index contributed by atoms with van der Waals surface area (Å²) in [5.74, 6) is 0.0855. The Balaban J connectivity index is 1.48. The zero-order chi connectivity index (χ0) is 14.9. The number of hydrogen-bond donors (Lipinski definition) is 1. The molecule has 3 aliphatic rings. The van der Waals surface area contributed by atoms with Gasteiger partial charge in [0.1, 0.15) is 0 Å². The van der Waals surface area contributed by atoms with Crippen molar-refractivity contribution in [2.24, 2.45) is 5.92 Å². The molecular weight excluding hydrogens is 266 g/mol. The molecule has 1 heterocycles. The first-order valence-electron chi connectivity index (χ1n) is 8.31. The first kappa shape index (κ1) is 15.0. The quantitative estimate of drug-likeness (QED) is 0.796. The van der Waals surface area contributed by atoms with Crippen LogP contribution in [-0.2, 0) is 14.3 Å². The number of amides is 1. The van der Waals surface area contributed by atoms with Crippen LogP contribution in [0.1, 0.15) is 58.8 Å². The Bertz CT molecular complexity index is 427. The number of allylic oxidation sites excluding steroid dienone is 2. The van der Waals surface area contributed by atoms with Gasteiger partial charge in [-0.15, -0.1) is 0 Å². The second kappa shape index (κ2) is 6.09. The van der Waals surface area contributed by atoms with Crippen molar-refractivity contribution >= 4 is 5.91 Å². The molecule has 0 radical (unpaired) electrons. The monoisotopic (exact) mass is 293 g/mol. The standard InChI is InChI=1S/C17H27NO3/c1-12-3-4-14(11-13(12)2)16(19)18-15-5-7-17(8-6-15)20-9-10-21-17/h14-15H,3-11H2,1-2H3,(H,18,19). The molecular formula is C17H27NO3. The molecule has 0 bridgehead atoms. The van der Waals surface area contributed by atoms with E-state index in [9.17, 15) is 4.79 Å². The first-order valence-corrected chi connectivity index (χ1v) is 8.31. The predicted octanol–water partition coefficient (Wildman–Crippen LogP) is 2.92. The van der Waals surface area contributed by atoms with E-state index in [2.05, 4.69) is 19.2 Å². The average Bonchev–Trinajstić information content (AvgIpc) is 2.93. The molecule has 4 nitrogen and oxygen atoms in total. The van der Waals surface area contributed by atoms with Crippen molar-refractivity contribution in [1.29, 1.82) is 0 Å². The summed E-state index contributed by atoms with van der Waals surface area (Å²) in [5, 5.41) is 3.26. The SMILES string of the molecule is CC1=C(C)CC(C(=O)NC2CCC3(CC2)OCCO3)CC1. The molecule has 1 atom stereocenters. The topological polar surface area (TPSA) is 47.6 Å². The molecule has 4 heteroatoms. The molecule has 1 saturated heterocycles. The van der Waals surface area contributed by atoms with Gasteiger partial charge in [-0.25, -0.2) is 0 Å². The summed E-state index contributed by atoms with van der Waals surface area (Å²) in [6.45, 7) is 5.77. The van der Waals surface area contributed by atoms with E-state index in [0.717, 1.165) is 44.9 Å². The van der Waals surface area contributed by atoms with Crippen molar-refractivity contribution in [3.05, 3.63) is 11.1 Å². The fraction of sp³-hybridized carbons (Fsp3) is 0.824. The van der Waals surface area contributed by atoms with Crippen LogP contribution in [0.25, 0.3) is 0 Å². The fourth-order valence-corrected chi connectivity index (χ4v) is 3.78. The minimum absolute atomic E-state index is 0.170. The maximum atomic E-state index is 12.4. The number of hydrogen-bond acceptors (Lipinski definition) is 3. The lowest BCUT2D eigenvalue weighted by atomic mass is 9.84. The minimum atomic E-state index is -0.331. The molecule has 1 aliphatic heterocycles. The molecule has 2 fully saturated rings. The molecule has 0 aromatic rings. The zero-order valence-electron chi connectivity index (χ0n) is 13.2. The van der Waals surface area contributed by atoms with Crippen LogP contribution in [0.3, 0.4) is 0 Å². The third-order valence-electron chi connectivity index (χ3n) is 5.43. The van der Waals surface area contributed by atoms with Crippen molar-refractivity contribution in [3.63, 3.8) is 0 Å². The third kappa shape index (κ3) is 3.32. The van der Waals surface area contributed by atoms with E-state index in [1.807, 2.05) is 0 Å². The summed E-state index contributed by atoms with van der Waals surface area (Å²) >= 11 is 0. The van der Waals surface area contributed by atoms with E-state index < -0.39 is 0 Å². The largest absolute Gasteiger partial charge is 0.353 e. The molecule has 3 rings (SSSR count). The van der Waals surface area contributed by atoms with Crippen molar-refractivity contribution in [1.82, 2.24) is 5.32 Å². The second-order valence-electron chi connectivity index (χ2n) is 6.89. The van der Waals surface area contributed by atoms with Crippen LogP contribution < -0.4 is 5.32 Å². The highest BCUT2D eigenvalue weighted by molar-refractivity contribution is 5.79. The molecule has 2 aliphatic carbocycles. The van der Waals surface area contributed by atoms with Crippen LogP contribution in [0.2, 0.25) is 0 Å². The summed E-state index contributed by atoms with van der Waals surface area (Å²) in [6.07, 6.45) is 6.73. The number of carbonyl (C=O) groups excluding carboxylic acids is 1. The van der Waals surface area contributed by atoms with E-state index in [4.69, 9.17) is 9.47 Å². The molecule has 1 saturated carbocycles. The minimum Gasteiger partial charge on any atom is -0.353 e. The van der Waals surface area contributed by atoms with Crippen molar-refractivity contribution in [3.8, 4) is 0 Å². The van der Waals surface area contributed by atoms with Crippen molar-refractivity contribution in [2.75, 3.05) is 13.2 Å². The Morgan fingerprint density at radius 1 is 1.10 bits per heavy atom.